The molecule has 158 valence electrons. The standard InChI is InChI=1S/C16H34O8S2/c1-13(2,3)21-23-15(7,25(9,17)18)11-12-16(8,26(10,19)20)24-22-14(4,5)6/h11-12H2,1-10H3. The zero-order chi connectivity index (χ0) is 21.2. The predicted octanol–water partition coefficient (Wildman–Crippen LogP) is 2.78. The fourth-order valence-corrected chi connectivity index (χ4v) is 2.72. The van der Waals surface area contributed by atoms with Crippen molar-refractivity contribution in [3.63, 3.8) is 0 Å². The molecule has 0 saturated heterocycles. The van der Waals surface area contributed by atoms with Gasteiger partial charge in [-0.25, -0.2) is 36.4 Å². The second-order valence-corrected chi connectivity index (χ2v) is 13.7. The van der Waals surface area contributed by atoms with Crippen LogP contribution < -0.4 is 0 Å². The molecule has 0 heterocycles. The van der Waals surface area contributed by atoms with Crippen LogP contribution in [-0.2, 0) is 39.2 Å². The van der Waals surface area contributed by atoms with Crippen molar-refractivity contribution in [1.82, 2.24) is 0 Å². The Hall–Kier alpha value is -0.260. The van der Waals surface area contributed by atoms with Gasteiger partial charge in [0.05, 0.1) is 11.2 Å². The summed E-state index contributed by atoms with van der Waals surface area (Å²) in [6.45, 7) is 12.9. The minimum atomic E-state index is -3.74. The Labute approximate surface area is 158 Å². The van der Waals surface area contributed by atoms with Crippen LogP contribution in [-0.4, -0.2) is 50.4 Å². The molecule has 10 heteroatoms. The Balaban J connectivity index is 5.55. The molecule has 0 bridgehead atoms. The van der Waals surface area contributed by atoms with E-state index in [1.54, 1.807) is 41.5 Å². The van der Waals surface area contributed by atoms with Crippen LogP contribution in [0.3, 0.4) is 0 Å². The Morgan fingerprint density at radius 2 is 0.769 bits per heavy atom. The van der Waals surface area contributed by atoms with Gasteiger partial charge in [0.15, 0.2) is 19.7 Å². The minimum absolute atomic E-state index is 0.182. The van der Waals surface area contributed by atoms with E-state index in [-0.39, 0.29) is 12.8 Å². The maximum Gasteiger partial charge on any atom is 0.200 e. The van der Waals surface area contributed by atoms with Gasteiger partial charge in [0.1, 0.15) is 0 Å². The number of sulfone groups is 2. The molecule has 0 amide bonds. The highest BCUT2D eigenvalue weighted by molar-refractivity contribution is 7.92. The predicted molar refractivity (Wildman–Crippen MR) is 99.6 cm³/mol. The smallest absolute Gasteiger partial charge is 0.200 e. The molecule has 0 N–H and O–H groups in total. The molecule has 0 aromatic carbocycles. The van der Waals surface area contributed by atoms with E-state index in [2.05, 4.69) is 0 Å². The van der Waals surface area contributed by atoms with Crippen LogP contribution >= 0.6 is 0 Å². The fourth-order valence-electron chi connectivity index (χ4n) is 1.46. The van der Waals surface area contributed by atoms with Crippen molar-refractivity contribution in [2.75, 3.05) is 12.5 Å². The lowest BCUT2D eigenvalue weighted by molar-refractivity contribution is -0.392. The van der Waals surface area contributed by atoms with Crippen LogP contribution in [0.1, 0.15) is 68.2 Å². The van der Waals surface area contributed by atoms with E-state index in [1.807, 2.05) is 0 Å². The Morgan fingerprint density at radius 1 is 0.538 bits per heavy atom. The third kappa shape index (κ3) is 8.18. The second-order valence-electron chi connectivity index (χ2n) is 8.87. The Bertz CT molecular complexity index is 610. The van der Waals surface area contributed by atoms with E-state index in [1.165, 1.54) is 13.8 Å². The van der Waals surface area contributed by atoms with Crippen molar-refractivity contribution in [1.29, 1.82) is 0 Å². The minimum Gasteiger partial charge on any atom is -0.229 e. The average molecular weight is 419 g/mol. The molecular weight excluding hydrogens is 384 g/mol. The van der Waals surface area contributed by atoms with Gasteiger partial charge in [-0.05, 0) is 68.2 Å². The molecule has 0 aromatic heterocycles. The first-order chi connectivity index (χ1) is 11.1. The van der Waals surface area contributed by atoms with Crippen LogP contribution in [0.4, 0.5) is 0 Å². The van der Waals surface area contributed by atoms with Gasteiger partial charge in [0, 0.05) is 12.5 Å². The van der Waals surface area contributed by atoms with Crippen LogP contribution in [0.5, 0.6) is 0 Å². The van der Waals surface area contributed by atoms with Crippen molar-refractivity contribution >= 4 is 19.7 Å². The summed E-state index contributed by atoms with van der Waals surface area (Å²) in [4.78, 5) is 17.3. The molecule has 0 aliphatic carbocycles. The Morgan fingerprint density at radius 3 is 0.923 bits per heavy atom. The molecule has 0 fully saturated rings. The lowest BCUT2D eigenvalue weighted by Crippen LogP contribution is -2.45. The largest absolute Gasteiger partial charge is 0.229 e. The van der Waals surface area contributed by atoms with E-state index < -0.39 is 40.7 Å². The average Bonchev–Trinajstić information content (AvgIpc) is 2.36. The van der Waals surface area contributed by atoms with Crippen LogP contribution in [0, 0.1) is 0 Å². The van der Waals surface area contributed by atoms with Gasteiger partial charge >= 0.3 is 0 Å². The van der Waals surface area contributed by atoms with Gasteiger partial charge in [-0.3, -0.25) is 0 Å². The molecule has 0 aliphatic heterocycles. The topological polar surface area (TPSA) is 105 Å². The van der Waals surface area contributed by atoms with Gasteiger partial charge < -0.3 is 0 Å². The molecule has 0 radical (unpaired) electrons. The molecule has 2 atom stereocenters. The first-order valence-electron chi connectivity index (χ1n) is 8.25. The molecule has 0 rings (SSSR count). The van der Waals surface area contributed by atoms with Gasteiger partial charge in [-0.2, -0.15) is 0 Å². The third-order valence-corrected chi connectivity index (χ3v) is 7.22. The van der Waals surface area contributed by atoms with Crippen molar-refractivity contribution in [3.8, 4) is 0 Å². The second kappa shape index (κ2) is 8.00. The summed E-state index contributed by atoms with van der Waals surface area (Å²) < 4.78 is 48.9. The highest BCUT2D eigenvalue weighted by Gasteiger charge is 2.46. The van der Waals surface area contributed by atoms with Gasteiger partial charge in [0.2, 0.25) is 9.87 Å². The summed E-state index contributed by atoms with van der Waals surface area (Å²) in [6.07, 6.45) is 1.64. The quantitative estimate of drug-likeness (QED) is 0.416. The van der Waals surface area contributed by atoms with Crippen molar-refractivity contribution in [2.24, 2.45) is 0 Å². The van der Waals surface area contributed by atoms with E-state index in [4.69, 9.17) is 19.6 Å². The highest BCUT2D eigenvalue weighted by Crippen LogP contribution is 2.34. The molecule has 8 nitrogen and oxygen atoms in total. The van der Waals surface area contributed by atoms with Crippen molar-refractivity contribution in [2.45, 2.75) is 89.3 Å². The monoisotopic (exact) mass is 418 g/mol. The van der Waals surface area contributed by atoms with Crippen LogP contribution in [0.2, 0.25) is 0 Å². The highest BCUT2D eigenvalue weighted by atomic mass is 32.2. The summed E-state index contributed by atoms with van der Waals surface area (Å²) in [5.74, 6) is 0. The van der Waals surface area contributed by atoms with Crippen LogP contribution in [0.15, 0.2) is 0 Å². The number of rotatable bonds is 9. The lowest BCUT2D eigenvalue weighted by Gasteiger charge is -2.34. The zero-order valence-electron chi connectivity index (χ0n) is 17.5. The van der Waals surface area contributed by atoms with E-state index in [0.717, 1.165) is 12.5 Å². The first kappa shape index (κ1) is 25.7. The van der Waals surface area contributed by atoms with E-state index in [0.29, 0.717) is 0 Å². The summed E-state index contributed by atoms with van der Waals surface area (Å²) >= 11 is 0. The molecule has 0 aliphatic rings. The summed E-state index contributed by atoms with van der Waals surface area (Å²) in [6, 6.07) is 0. The van der Waals surface area contributed by atoms with Gasteiger partial charge in [0.25, 0.3) is 0 Å². The fraction of sp³-hybridized carbons (Fsp3) is 1.00. The number of hydrogen-bond donors (Lipinski definition) is 0. The molecule has 2 unspecified atom stereocenters. The molecule has 0 spiro atoms. The van der Waals surface area contributed by atoms with Crippen LogP contribution in [0.25, 0.3) is 0 Å². The lowest BCUT2D eigenvalue weighted by atomic mass is 10.1. The first-order valence-corrected chi connectivity index (χ1v) is 12.0. The summed E-state index contributed by atoms with van der Waals surface area (Å²) in [7, 11) is -7.47. The molecule has 0 saturated carbocycles. The van der Waals surface area contributed by atoms with Crippen molar-refractivity contribution in [3.05, 3.63) is 0 Å². The maximum atomic E-state index is 12.2. The SMILES string of the molecule is CC(C)(C)OOC(C)(CCC(C)(OOC(C)(C)C)S(C)(=O)=O)S(C)(=O)=O. The molecular formula is C16H34O8S2. The molecule has 26 heavy (non-hydrogen) atoms. The van der Waals surface area contributed by atoms with E-state index >= 15 is 0 Å². The maximum absolute atomic E-state index is 12.2. The number of hydrogen-bond acceptors (Lipinski definition) is 8. The van der Waals surface area contributed by atoms with Gasteiger partial charge in [-0.1, -0.05) is 0 Å². The third-order valence-electron chi connectivity index (χ3n) is 3.54. The zero-order valence-corrected chi connectivity index (χ0v) is 19.1. The summed E-state index contributed by atoms with van der Waals surface area (Å²) in [5, 5.41) is 0. The normalized spacial score (nSPS) is 19.0. The summed E-state index contributed by atoms with van der Waals surface area (Å²) in [5.41, 5.74) is -1.48. The van der Waals surface area contributed by atoms with E-state index in [9.17, 15) is 16.8 Å². The molecule has 0 aromatic rings. The Kier molecular flexibility index (Phi) is 7.92. The van der Waals surface area contributed by atoms with Crippen molar-refractivity contribution < 1.29 is 36.4 Å². The van der Waals surface area contributed by atoms with Gasteiger partial charge in [-0.15, -0.1) is 0 Å².